The number of hydrogen-bond donors (Lipinski definition) is 0. The Kier molecular flexibility index (Phi) is 4.33. The third-order valence-corrected chi connectivity index (χ3v) is 5.99. The number of benzene rings is 1. The highest BCUT2D eigenvalue weighted by molar-refractivity contribution is 7.91. The van der Waals surface area contributed by atoms with Crippen molar-refractivity contribution in [1.82, 2.24) is 0 Å². The van der Waals surface area contributed by atoms with Crippen LogP contribution in [0.2, 0.25) is 0 Å². The van der Waals surface area contributed by atoms with Gasteiger partial charge in [-0.05, 0) is 50.7 Å². The van der Waals surface area contributed by atoms with Crippen molar-refractivity contribution < 1.29 is 17.9 Å². The zero-order valence-corrected chi connectivity index (χ0v) is 13.0. The fourth-order valence-electron chi connectivity index (χ4n) is 2.72. The zero-order valence-electron chi connectivity index (χ0n) is 12.2. The van der Waals surface area contributed by atoms with Crippen LogP contribution in [0.15, 0.2) is 35.2 Å². The molecule has 1 saturated carbocycles. The monoisotopic (exact) mass is 310 g/mol. The van der Waals surface area contributed by atoms with E-state index >= 15 is 0 Å². The van der Waals surface area contributed by atoms with E-state index in [1.807, 2.05) is 6.07 Å². The quantitative estimate of drug-likeness (QED) is 0.810. The molecular formula is C16H22O4S. The van der Waals surface area contributed by atoms with Crippen molar-refractivity contribution in [2.75, 3.05) is 12.4 Å². The van der Waals surface area contributed by atoms with Gasteiger partial charge < -0.3 is 9.47 Å². The van der Waals surface area contributed by atoms with Gasteiger partial charge in [-0.3, -0.25) is 0 Å². The molecule has 0 bridgehead atoms. The predicted molar refractivity (Wildman–Crippen MR) is 79.8 cm³/mol. The molecule has 1 aromatic rings. The van der Waals surface area contributed by atoms with Crippen LogP contribution >= 0.6 is 0 Å². The summed E-state index contributed by atoms with van der Waals surface area (Å²) < 4.78 is 36.3. The molecule has 5 heteroatoms. The minimum Gasteiger partial charge on any atom is -0.353 e. The van der Waals surface area contributed by atoms with E-state index in [9.17, 15) is 8.42 Å². The van der Waals surface area contributed by atoms with Crippen LogP contribution in [0.4, 0.5) is 0 Å². The Labute approximate surface area is 126 Å². The molecule has 1 unspecified atom stereocenters. The molecule has 1 saturated heterocycles. The Morgan fingerprint density at radius 3 is 2.57 bits per heavy atom. The van der Waals surface area contributed by atoms with Gasteiger partial charge >= 0.3 is 0 Å². The van der Waals surface area contributed by atoms with Gasteiger partial charge in [0.15, 0.2) is 16.1 Å². The van der Waals surface area contributed by atoms with Crippen LogP contribution in [-0.4, -0.2) is 32.7 Å². The summed E-state index contributed by atoms with van der Waals surface area (Å²) in [6, 6.07) is 8.64. The third-order valence-electron chi connectivity index (χ3n) is 4.26. The van der Waals surface area contributed by atoms with E-state index in [1.54, 1.807) is 24.3 Å². The van der Waals surface area contributed by atoms with E-state index in [0.29, 0.717) is 11.3 Å². The number of ether oxygens (including phenoxy) is 2. The van der Waals surface area contributed by atoms with Crippen LogP contribution in [0.1, 0.15) is 38.5 Å². The lowest BCUT2D eigenvalue weighted by Gasteiger charge is -2.27. The van der Waals surface area contributed by atoms with E-state index in [1.165, 1.54) is 0 Å². The van der Waals surface area contributed by atoms with Crippen molar-refractivity contribution in [3.8, 4) is 0 Å². The molecule has 1 aromatic carbocycles. The molecule has 2 aliphatic rings. The Morgan fingerprint density at radius 2 is 1.95 bits per heavy atom. The maximum atomic E-state index is 12.3. The van der Waals surface area contributed by atoms with Crippen LogP contribution in [0, 0.1) is 0 Å². The van der Waals surface area contributed by atoms with Gasteiger partial charge in [0.1, 0.15) is 0 Å². The Hall–Kier alpha value is -0.910. The lowest BCUT2D eigenvalue weighted by Crippen LogP contribution is -2.30. The smallest absolute Gasteiger partial charge is 0.178 e. The van der Waals surface area contributed by atoms with Gasteiger partial charge in [-0.1, -0.05) is 18.2 Å². The number of hydrogen-bond acceptors (Lipinski definition) is 4. The maximum Gasteiger partial charge on any atom is 0.178 e. The summed E-state index contributed by atoms with van der Waals surface area (Å²) in [5, 5.41) is 0. The number of sulfone groups is 1. The van der Waals surface area contributed by atoms with Crippen molar-refractivity contribution in [3.05, 3.63) is 30.3 Å². The SMILES string of the molecule is O=S(=O)(CCC1(OC2CCCCO2)CC1)c1ccccc1. The molecule has 0 amide bonds. The minimum atomic E-state index is -3.22. The fourth-order valence-corrected chi connectivity index (χ4v) is 4.16. The molecule has 4 nitrogen and oxygen atoms in total. The second kappa shape index (κ2) is 6.07. The molecule has 0 N–H and O–H groups in total. The summed E-state index contributed by atoms with van der Waals surface area (Å²) in [6.07, 6.45) is 5.45. The van der Waals surface area contributed by atoms with Gasteiger partial charge in [-0.25, -0.2) is 8.42 Å². The first-order chi connectivity index (χ1) is 10.1. The first kappa shape index (κ1) is 15.0. The van der Waals surface area contributed by atoms with E-state index in [0.717, 1.165) is 38.7 Å². The normalized spacial score (nSPS) is 24.7. The van der Waals surface area contributed by atoms with Gasteiger partial charge in [-0.2, -0.15) is 0 Å². The molecule has 116 valence electrons. The Bertz CT molecular complexity index is 557. The molecule has 1 aliphatic carbocycles. The first-order valence-electron chi connectivity index (χ1n) is 7.67. The summed E-state index contributed by atoms with van der Waals surface area (Å²) in [5.41, 5.74) is -0.260. The van der Waals surface area contributed by atoms with E-state index in [2.05, 4.69) is 0 Å². The van der Waals surface area contributed by atoms with Crippen molar-refractivity contribution >= 4 is 9.84 Å². The van der Waals surface area contributed by atoms with Crippen LogP contribution in [0.3, 0.4) is 0 Å². The molecule has 0 spiro atoms. The van der Waals surface area contributed by atoms with Crippen LogP contribution in [-0.2, 0) is 19.3 Å². The largest absolute Gasteiger partial charge is 0.353 e. The summed E-state index contributed by atoms with van der Waals surface area (Å²) in [4.78, 5) is 0.398. The van der Waals surface area contributed by atoms with E-state index in [4.69, 9.17) is 9.47 Å². The highest BCUT2D eigenvalue weighted by Crippen LogP contribution is 2.45. The molecule has 0 aromatic heterocycles. The predicted octanol–water partition coefficient (Wildman–Crippen LogP) is 2.93. The minimum absolute atomic E-state index is 0.138. The first-order valence-corrected chi connectivity index (χ1v) is 9.32. The van der Waals surface area contributed by atoms with Gasteiger partial charge in [0.25, 0.3) is 0 Å². The van der Waals surface area contributed by atoms with E-state index < -0.39 is 9.84 Å². The highest BCUT2D eigenvalue weighted by atomic mass is 32.2. The molecule has 0 radical (unpaired) electrons. The maximum absolute atomic E-state index is 12.3. The van der Waals surface area contributed by atoms with E-state index in [-0.39, 0.29) is 17.6 Å². The fraction of sp³-hybridized carbons (Fsp3) is 0.625. The molecule has 3 rings (SSSR count). The lowest BCUT2D eigenvalue weighted by molar-refractivity contribution is -0.197. The van der Waals surface area contributed by atoms with Crippen molar-refractivity contribution in [2.45, 2.75) is 55.3 Å². The van der Waals surface area contributed by atoms with Crippen LogP contribution in [0.25, 0.3) is 0 Å². The molecule has 2 fully saturated rings. The average Bonchev–Trinajstić information content (AvgIpc) is 3.27. The molecule has 21 heavy (non-hydrogen) atoms. The molecule has 1 atom stereocenters. The van der Waals surface area contributed by atoms with Gasteiger partial charge in [0.05, 0.1) is 16.2 Å². The Morgan fingerprint density at radius 1 is 1.19 bits per heavy atom. The highest BCUT2D eigenvalue weighted by Gasteiger charge is 2.46. The molecule has 1 aliphatic heterocycles. The zero-order chi connectivity index (χ0) is 14.8. The second-order valence-electron chi connectivity index (χ2n) is 5.98. The summed E-state index contributed by atoms with van der Waals surface area (Å²) in [7, 11) is -3.22. The summed E-state index contributed by atoms with van der Waals surface area (Å²) in [5.74, 6) is 0.143. The summed E-state index contributed by atoms with van der Waals surface area (Å²) in [6.45, 7) is 0.753. The molecule has 1 heterocycles. The van der Waals surface area contributed by atoms with Gasteiger partial charge in [-0.15, -0.1) is 0 Å². The van der Waals surface area contributed by atoms with Crippen molar-refractivity contribution in [2.24, 2.45) is 0 Å². The topological polar surface area (TPSA) is 52.6 Å². The summed E-state index contributed by atoms with van der Waals surface area (Å²) >= 11 is 0. The third kappa shape index (κ3) is 3.84. The van der Waals surface area contributed by atoms with Gasteiger partial charge in [0.2, 0.25) is 0 Å². The number of rotatable bonds is 6. The standard InChI is InChI=1S/C16H22O4S/c17-21(18,14-6-2-1-3-7-14)13-11-16(9-10-16)20-15-8-4-5-12-19-15/h1-3,6-7,15H,4-5,8-13H2. The van der Waals surface area contributed by atoms with Crippen molar-refractivity contribution in [3.63, 3.8) is 0 Å². The van der Waals surface area contributed by atoms with Crippen LogP contribution in [0.5, 0.6) is 0 Å². The lowest BCUT2D eigenvalue weighted by atomic mass is 10.2. The van der Waals surface area contributed by atoms with Crippen LogP contribution < -0.4 is 0 Å². The second-order valence-corrected chi connectivity index (χ2v) is 8.09. The van der Waals surface area contributed by atoms with Crippen molar-refractivity contribution in [1.29, 1.82) is 0 Å². The molecular weight excluding hydrogens is 288 g/mol. The van der Waals surface area contributed by atoms with Gasteiger partial charge in [0, 0.05) is 6.61 Å². The average molecular weight is 310 g/mol. The Balaban J connectivity index is 1.57.